The molecule has 3 N–H and O–H groups in total. The van der Waals surface area contributed by atoms with Crippen LogP contribution in [0.2, 0.25) is 0 Å². The van der Waals surface area contributed by atoms with E-state index in [4.69, 9.17) is 5.73 Å². The smallest absolute Gasteiger partial charge is 0.332 e. The van der Waals surface area contributed by atoms with E-state index in [9.17, 15) is 4.79 Å². The van der Waals surface area contributed by atoms with E-state index in [2.05, 4.69) is 15.5 Å². The molecule has 0 unspecified atom stereocenters. The zero-order chi connectivity index (χ0) is 14.7. The van der Waals surface area contributed by atoms with Crippen molar-refractivity contribution < 1.29 is 4.79 Å². The highest BCUT2D eigenvalue weighted by molar-refractivity contribution is 7.13. The molecule has 5 nitrogen and oxygen atoms in total. The summed E-state index contributed by atoms with van der Waals surface area (Å²) in [6.07, 6.45) is 1.58. The van der Waals surface area contributed by atoms with Crippen LogP contribution in [-0.4, -0.2) is 17.2 Å². The van der Waals surface area contributed by atoms with Crippen molar-refractivity contribution in [3.63, 3.8) is 0 Å². The number of benzene rings is 1. The van der Waals surface area contributed by atoms with Crippen LogP contribution in [0.25, 0.3) is 21.5 Å². The van der Waals surface area contributed by atoms with Gasteiger partial charge in [-0.2, -0.15) is 5.10 Å². The number of rotatable bonds is 3. The predicted molar refractivity (Wildman–Crippen MR) is 85.4 cm³/mol. The van der Waals surface area contributed by atoms with Gasteiger partial charge in [0.15, 0.2) is 0 Å². The highest BCUT2D eigenvalue weighted by Crippen LogP contribution is 2.27. The van der Waals surface area contributed by atoms with Crippen molar-refractivity contribution in [2.24, 2.45) is 10.8 Å². The number of nitrogens with two attached hydrogens (primary N) is 1. The highest BCUT2D eigenvalue weighted by Gasteiger charge is 2.06. The van der Waals surface area contributed by atoms with Crippen molar-refractivity contribution >= 4 is 34.5 Å². The number of primary amides is 1. The Balaban J connectivity index is 2.11. The molecular formula is C15H12N4OS. The minimum Gasteiger partial charge on any atom is -0.350 e. The van der Waals surface area contributed by atoms with Gasteiger partial charge in [-0.15, -0.1) is 11.3 Å². The summed E-state index contributed by atoms with van der Waals surface area (Å²) in [5.74, 6) is 0. The molecule has 0 fully saturated rings. The molecule has 0 saturated carbocycles. The number of nitrogens with zero attached hydrogens (tertiary/aromatic N) is 2. The van der Waals surface area contributed by atoms with Crippen molar-refractivity contribution in [3.8, 4) is 10.6 Å². The van der Waals surface area contributed by atoms with Gasteiger partial charge in [0.05, 0.1) is 22.3 Å². The Morgan fingerprint density at radius 2 is 2.14 bits per heavy atom. The van der Waals surface area contributed by atoms with E-state index < -0.39 is 6.03 Å². The van der Waals surface area contributed by atoms with E-state index in [1.165, 1.54) is 0 Å². The van der Waals surface area contributed by atoms with Crippen LogP contribution in [0.5, 0.6) is 0 Å². The summed E-state index contributed by atoms with van der Waals surface area (Å²) >= 11 is 1.63. The predicted octanol–water partition coefficient (Wildman–Crippen LogP) is 2.97. The maximum atomic E-state index is 10.7. The summed E-state index contributed by atoms with van der Waals surface area (Å²) in [6, 6.07) is 13.0. The maximum Gasteiger partial charge on any atom is 0.332 e. The number of urea groups is 1. The van der Waals surface area contributed by atoms with Crippen LogP contribution in [0.15, 0.2) is 52.9 Å². The first-order chi connectivity index (χ1) is 10.2. The van der Waals surface area contributed by atoms with Gasteiger partial charge in [0.1, 0.15) is 0 Å². The third kappa shape index (κ3) is 2.90. The van der Waals surface area contributed by atoms with Gasteiger partial charge in [-0.05, 0) is 23.6 Å². The van der Waals surface area contributed by atoms with E-state index >= 15 is 0 Å². The minimum atomic E-state index is -0.692. The summed E-state index contributed by atoms with van der Waals surface area (Å²) < 4.78 is 0. The molecule has 0 radical (unpaired) electrons. The molecule has 0 saturated heterocycles. The number of hydrogen-bond donors (Lipinski definition) is 2. The van der Waals surface area contributed by atoms with E-state index in [0.717, 1.165) is 27.0 Å². The highest BCUT2D eigenvalue weighted by atomic mass is 32.1. The Morgan fingerprint density at radius 3 is 2.90 bits per heavy atom. The second-order valence-electron chi connectivity index (χ2n) is 4.33. The van der Waals surface area contributed by atoms with Crippen molar-refractivity contribution in [2.75, 3.05) is 0 Å². The number of carbonyl (C=O) groups is 1. The first kappa shape index (κ1) is 13.3. The summed E-state index contributed by atoms with van der Waals surface area (Å²) in [4.78, 5) is 16.4. The molecule has 21 heavy (non-hydrogen) atoms. The number of hydrazone groups is 1. The monoisotopic (exact) mass is 296 g/mol. The van der Waals surface area contributed by atoms with Crippen LogP contribution in [-0.2, 0) is 0 Å². The first-order valence-corrected chi connectivity index (χ1v) is 7.14. The van der Waals surface area contributed by atoms with Crippen LogP contribution < -0.4 is 11.2 Å². The molecule has 0 spiro atoms. The molecule has 104 valence electrons. The van der Waals surface area contributed by atoms with E-state index in [1.807, 2.05) is 47.8 Å². The lowest BCUT2D eigenvalue weighted by Crippen LogP contribution is -2.24. The molecule has 3 aromatic rings. The fraction of sp³-hybridized carbons (Fsp3) is 0. The molecule has 6 heteroatoms. The number of aromatic nitrogens is 1. The molecule has 3 rings (SSSR count). The molecule has 1 aromatic carbocycles. The van der Waals surface area contributed by atoms with Gasteiger partial charge in [-0.25, -0.2) is 15.2 Å². The number of para-hydroxylation sites is 1. The molecule has 2 aromatic heterocycles. The standard InChI is InChI=1S/C15H12N4OS/c16-15(20)19-17-9-10-8-13(14-6-3-7-21-14)18-12-5-2-1-4-11(10)12/h1-9H,(H3,16,19,20)/b17-9-. The van der Waals surface area contributed by atoms with Crippen LogP contribution in [0, 0.1) is 0 Å². The molecule has 2 amide bonds. The average Bonchev–Trinajstić information content (AvgIpc) is 3.01. The second kappa shape index (κ2) is 5.72. The van der Waals surface area contributed by atoms with Crippen molar-refractivity contribution in [2.45, 2.75) is 0 Å². The zero-order valence-corrected chi connectivity index (χ0v) is 11.8. The van der Waals surface area contributed by atoms with Gasteiger partial charge in [-0.1, -0.05) is 24.3 Å². The summed E-state index contributed by atoms with van der Waals surface area (Å²) in [7, 11) is 0. The zero-order valence-electron chi connectivity index (χ0n) is 11.0. The third-order valence-electron chi connectivity index (χ3n) is 2.90. The van der Waals surface area contributed by atoms with Gasteiger partial charge < -0.3 is 5.73 Å². The van der Waals surface area contributed by atoms with Gasteiger partial charge in [-0.3, -0.25) is 0 Å². The average molecular weight is 296 g/mol. The van der Waals surface area contributed by atoms with Crippen LogP contribution >= 0.6 is 11.3 Å². The Bertz CT molecular complexity index is 812. The summed E-state index contributed by atoms with van der Waals surface area (Å²) in [5.41, 5.74) is 9.84. The van der Waals surface area contributed by atoms with E-state index in [1.54, 1.807) is 17.6 Å². The molecule has 0 aliphatic heterocycles. The molecular weight excluding hydrogens is 284 g/mol. The normalized spacial score (nSPS) is 11.0. The third-order valence-corrected chi connectivity index (χ3v) is 3.79. The van der Waals surface area contributed by atoms with Crippen LogP contribution in [0.4, 0.5) is 4.79 Å². The SMILES string of the molecule is NC(=O)N/N=C\c1cc(-c2cccs2)nc2ccccc12. The summed E-state index contributed by atoms with van der Waals surface area (Å²) in [5, 5.41) is 6.81. The number of fused-ring (bicyclic) bond motifs is 1. The van der Waals surface area contributed by atoms with Gasteiger partial charge in [0.2, 0.25) is 0 Å². The van der Waals surface area contributed by atoms with Crippen molar-refractivity contribution in [1.82, 2.24) is 10.4 Å². The van der Waals surface area contributed by atoms with Crippen molar-refractivity contribution in [3.05, 3.63) is 53.4 Å². The van der Waals surface area contributed by atoms with Crippen molar-refractivity contribution in [1.29, 1.82) is 0 Å². The first-order valence-electron chi connectivity index (χ1n) is 6.26. The maximum absolute atomic E-state index is 10.7. The van der Waals surface area contributed by atoms with Crippen LogP contribution in [0.1, 0.15) is 5.56 Å². The summed E-state index contributed by atoms with van der Waals surface area (Å²) in [6.45, 7) is 0. The van der Waals surface area contributed by atoms with E-state index in [0.29, 0.717) is 0 Å². The van der Waals surface area contributed by atoms with Crippen LogP contribution in [0.3, 0.4) is 0 Å². The number of nitrogens with one attached hydrogen (secondary N) is 1. The molecule has 0 bridgehead atoms. The second-order valence-corrected chi connectivity index (χ2v) is 5.27. The Kier molecular flexibility index (Phi) is 3.61. The fourth-order valence-corrected chi connectivity index (χ4v) is 2.71. The number of pyridine rings is 1. The Morgan fingerprint density at radius 1 is 1.29 bits per heavy atom. The molecule has 0 aliphatic carbocycles. The van der Waals surface area contributed by atoms with Gasteiger partial charge in [0.25, 0.3) is 0 Å². The van der Waals surface area contributed by atoms with Gasteiger partial charge in [0, 0.05) is 10.9 Å². The largest absolute Gasteiger partial charge is 0.350 e. The minimum absolute atomic E-state index is 0.692. The Labute approximate surface area is 125 Å². The topological polar surface area (TPSA) is 80.4 Å². The lowest BCUT2D eigenvalue weighted by Gasteiger charge is -2.05. The number of thiophene rings is 1. The van der Waals surface area contributed by atoms with Gasteiger partial charge >= 0.3 is 6.03 Å². The quantitative estimate of drug-likeness (QED) is 0.575. The number of hydrogen-bond acceptors (Lipinski definition) is 4. The molecule has 0 aliphatic rings. The Hall–Kier alpha value is -2.73. The lowest BCUT2D eigenvalue weighted by atomic mass is 10.1. The molecule has 0 atom stereocenters. The van der Waals surface area contributed by atoms with E-state index in [-0.39, 0.29) is 0 Å². The number of carbonyl (C=O) groups excluding carboxylic acids is 1. The fourth-order valence-electron chi connectivity index (χ4n) is 2.03. The molecule has 2 heterocycles. The lowest BCUT2D eigenvalue weighted by molar-refractivity contribution is 0.249. The number of amides is 2.